The van der Waals surface area contributed by atoms with Crippen molar-refractivity contribution in [3.63, 3.8) is 0 Å². The number of hydrogen-bond acceptors (Lipinski definition) is 10. The van der Waals surface area contributed by atoms with E-state index >= 15 is 0 Å². The molecule has 1 aliphatic carbocycles. The Balaban J connectivity index is 1.02. The third kappa shape index (κ3) is 7.81. The maximum atomic E-state index is 13.2. The number of fused-ring (bicyclic) bond motifs is 1. The van der Waals surface area contributed by atoms with Crippen LogP contribution in [0.1, 0.15) is 68.6 Å². The number of rotatable bonds is 12. The van der Waals surface area contributed by atoms with Gasteiger partial charge in [0.25, 0.3) is 5.91 Å². The minimum atomic E-state index is -0.232. The zero-order chi connectivity index (χ0) is 32.8. The first kappa shape index (κ1) is 33.4. The predicted octanol–water partition coefficient (Wildman–Crippen LogP) is 3.47. The van der Waals surface area contributed by atoms with Crippen molar-refractivity contribution < 1.29 is 14.3 Å². The maximum Gasteiger partial charge on any atom is 0.251 e. The summed E-state index contributed by atoms with van der Waals surface area (Å²) in [4.78, 5) is 44.8. The Kier molecular flexibility index (Phi) is 11.1. The number of aromatic nitrogens is 2. The van der Waals surface area contributed by atoms with Crippen molar-refractivity contribution in [2.24, 2.45) is 5.92 Å². The average Bonchev–Trinajstić information content (AvgIpc) is 3.64. The molecule has 12 nitrogen and oxygen atoms in total. The first-order valence-electron chi connectivity index (χ1n) is 17.8. The number of nitrogens with one attached hydrogen (secondary N) is 3. The van der Waals surface area contributed by atoms with Crippen LogP contribution in [0.2, 0.25) is 0 Å². The van der Waals surface area contributed by atoms with Crippen molar-refractivity contribution in [2.45, 2.75) is 70.4 Å². The van der Waals surface area contributed by atoms with Crippen molar-refractivity contribution in [1.29, 1.82) is 0 Å². The monoisotopic (exact) mass is 647 g/mol. The zero-order valence-corrected chi connectivity index (χ0v) is 28.5. The van der Waals surface area contributed by atoms with Gasteiger partial charge in [-0.25, -0.2) is 4.98 Å². The molecule has 6 rings (SSSR count). The van der Waals surface area contributed by atoms with Gasteiger partial charge < -0.3 is 40.3 Å². The Bertz CT molecular complexity index is 1370. The molecule has 1 aromatic heterocycles. The second kappa shape index (κ2) is 15.6. The van der Waals surface area contributed by atoms with E-state index in [1.54, 1.807) is 37.4 Å². The smallest absolute Gasteiger partial charge is 0.251 e. The van der Waals surface area contributed by atoms with Gasteiger partial charge in [-0.15, -0.1) is 0 Å². The molecule has 0 radical (unpaired) electrons. The van der Waals surface area contributed by atoms with Crippen LogP contribution in [-0.2, 0) is 4.79 Å². The molecule has 4 heterocycles. The highest BCUT2D eigenvalue weighted by Gasteiger charge is 2.41. The number of likely N-dealkylation sites (N-methyl/N-ethyl adjacent to an activating group) is 1. The lowest BCUT2D eigenvalue weighted by molar-refractivity contribution is -0.120. The van der Waals surface area contributed by atoms with Gasteiger partial charge in [-0.05, 0) is 82.3 Å². The van der Waals surface area contributed by atoms with Crippen molar-refractivity contribution in [1.82, 2.24) is 30.4 Å². The summed E-state index contributed by atoms with van der Waals surface area (Å²) in [6.45, 7) is 11.7. The van der Waals surface area contributed by atoms with Crippen LogP contribution in [0.4, 0.5) is 23.1 Å². The van der Waals surface area contributed by atoms with Crippen molar-refractivity contribution >= 4 is 35.0 Å². The fourth-order valence-electron chi connectivity index (χ4n) is 7.73. The highest BCUT2D eigenvalue weighted by Crippen LogP contribution is 2.40. The van der Waals surface area contributed by atoms with Gasteiger partial charge in [-0.1, -0.05) is 19.8 Å². The van der Waals surface area contributed by atoms with Crippen LogP contribution in [0.15, 0.2) is 24.4 Å². The summed E-state index contributed by atoms with van der Waals surface area (Å²) < 4.78 is 5.68. The van der Waals surface area contributed by atoms with Crippen LogP contribution in [0, 0.1) is 5.92 Å². The highest BCUT2D eigenvalue weighted by molar-refractivity contribution is 6.04. The Labute approximate surface area is 279 Å². The molecule has 2 aromatic rings. The Morgan fingerprint density at radius 1 is 1.06 bits per heavy atom. The second-order valence-corrected chi connectivity index (χ2v) is 13.6. The standard InChI is InChI=1S/C35H53N9O3/c1-4-29-34(46)41(2)30-23-38-35(40-32(30)44(29)27-8-5-6-9-27)39-28-11-10-26(22-31(28)47-3)33(45)37-14-7-17-42-18-20-43(21-19-42)24-25-12-15-36-16-13-25/h10-11,22-23,25,27,29,36H,4-9,12-21,24H2,1-3H3,(H,37,45)(H,38,39,40)/t29-/m1/s1. The summed E-state index contributed by atoms with van der Waals surface area (Å²) >= 11 is 0. The van der Waals surface area contributed by atoms with Crippen LogP contribution in [-0.4, -0.2) is 117 Å². The molecule has 1 saturated carbocycles. The van der Waals surface area contributed by atoms with E-state index in [0.29, 0.717) is 35.5 Å². The molecule has 0 spiro atoms. The van der Waals surface area contributed by atoms with Crippen LogP contribution >= 0.6 is 0 Å². The topological polar surface area (TPSA) is 118 Å². The van der Waals surface area contributed by atoms with E-state index in [9.17, 15) is 9.59 Å². The Morgan fingerprint density at radius 2 is 1.81 bits per heavy atom. The summed E-state index contributed by atoms with van der Waals surface area (Å²) in [7, 11) is 3.40. The molecular formula is C35H53N9O3. The van der Waals surface area contributed by atoms with Gasteiger partial charge in [0.15, 0.2) is 5.82 Å². The van der Waals surface area contributed by atoms with Crippen LogP contribution < -0.4 is 30.5 Å². The first-order valence-corrected chi connectivity index (χ1v) is 17.8. The molecule has 3 aliphatic heterocycles. The molecule has 0 unspecified atom stereocenters. The van der Waals surface area contributed by atoms with E-state index in [1.165, 1.54) is 32.2 Å². The number of benzene rings is 1. The van der Waals surface area contributed by atoms with Gasteiger partial charge in [0.2, 0.25) is 11.9 Å². The molecule has 1 aromatic carbocycles. The largest absolute Gasteiger partial charge is 0.495 e. The van der Waals surface area contributed by atoms with Gasteiger partial charge in [0, 0.05) is 57.9 Å². The van der Waals surface area contributed by atoms with E-state index in [0.717, 1.165) is 88.9 Å². The fourth-order valence-corrected chi connectivity index (χ4v) is 7.73. The molecule has 3 fully saturated rings. The third-order valence-electron chi connectivity index (χ3n) is 10.5. The van der Waals surface area contributed by atoms with Gasteiger partial charge in [0.05, 0.1) is 19.0 Å². The SMILES string of the molecule is CC[C@@H]1C(=O)N(C)c2cnc(Nc3ccc(C(=O)NCCCN4CCN(CC5CCNCC5)CC4)cc3OC)nc2N1C1CCCC1. The minimum absolute atomic E-state index is 0.0907. The van der Waals surface area contributed by atoms with Crippen molar-refractivity contribution in [2.75, 3.05) is 88.2 Å². The summed E-state index contributed by atoms with van der Waals surface area (Å²) in [5.74, 6) is 2.57. The lowest BCUT2D eigenvalue weighted by Crippen LogP contribution is -2.55. The molecular weight excluding hydrogens is 594 g/mol. The van der Waals surface area contributed by atoms with E-state index in [4.69, 9.17) is 9.72 Å². The second-order valence-electron chi connectivity index (χ2n) is 13.6. The molecule has 1 atom stereocenters. The van der Waals surface area contributed by atoms with Gasteiger partial charge >= 0.3 is 0 Å². The normalized spacial score (nSPS) is 21.6. The number of piperazine rings is 1. The van der Waals surface area contributed by atoms with Crippen molar-refractivity contribution in [3.8, 4) is 5.75 Å². The minimum Gasteiger partial charge on any atom is -0.495 e. The molecule has 256 valence electrons. The molecule has 12 heteroatoms. The van der Waals surface area contributed by atoms with Gasteiger partial charge in [0.1, 0.15) is 17.5 Å². The number of amides is 2. The predicted molar refractivity (Wildman–Crippen MR) is 186 cm³/mol. The summed E-state index contributed by atoms with van der Waals surface area (Å²) in [6.07, 6.45) is 10.4. The number of piperidine rings is 1. The van der Waals surface area contributed by atoms with E-state index in [-0.39, 0.29) is 17.9 Å². The summed E-state index contributed by atoms with van der Waals surface area (Å²) in [6, 6.07) is 5.45. The van der Waals surface area contributed by atoms with Crippen LogP contribution in [0.25, 0.3) is 0 Å². The van der Waals surface area contributed by atoms with E-state index in [2.05, 4.69) is 42.6 Å². The Morgan fingerprint density at radius 3 is 2.53 bits per heavy atom. The van der Waals surface area contributed by atoms with E-state index in [1.807, 2.05) is 6.07 Å². The lowest BCUT2D eigenvalue weighted by Gasteiger charge is -2.43. The van der Waals surface area contributed by atoms with Crippen LogP contribution in [0.3, 0.4) is 0 Å². The van der Waals surface area contributed by atoms with E-state index < -0.39 is 0 Å². The number of nitrogens with zero attached hydrogens (tertiary/aromatic N) is 6. The summed E-state index contributed by atoms with van der Waals surface area (Å²) in [5, 5.41) is 9.85. The molecule has 2 amide bonds. The highest BCUT2D eigenvalue weighted by atomic mass is 16.5. The molecule has 4 aliphatic rings. The number of hydrogen-bond donors (Lipinski definition) is 3. The molecule has 47 heavy (non-hydrogen) atoms. The average molecular weight is 648 g/mol. The number of anilines is 4. The van der Waals surface area contributed by atoms with Gasteiger partial charge in [-0.2, -0.15) is 4.98 Å². The van der Waals surface area contributed by atoms with Crippen LogP contribution in [0.5, 0.6) is 5.75 Å². The third-order valence-corrected chi connectivity index (χ3v) is 10.5. The van der Waals surface area contributed by atoms with Crippen molar-refractivity contribution in [3.05, 3.63) is 30.0 Å². The maximum absolute atomic E-state index is 13.2. The molecule has 2 saturated heterocycles. The number of ether oxygens (including phenoxy) is 1. The van der Waals surface area contributed by atoms with Gasteiger partial charge in [-0.3, -0.25) is 9.59 Å². The first-order chi connectivity index (χ1) is 22.9. The lowest BCUT2D eigenvalue weighted by atomic mass is 9.97. The molecule has 3 N–H and O–H groups in total. The summed E-state index contributed by atoms with van der Waals surface area (Å²) in [5.41, 5.74) is 1.94. The number of carbonyl (C=O) groups excluding carboxylic acids is 2. The quantitative estimate of drug-likeness (QED) is 0.296. The number of carbonyl (C=O) groups is 2. The zero-order valence-electron chi connectivity index (χ0n) is 28.5. The Hall–Kier alpha value is -3.48. The fraction of sp³-hybridized carbons (Fsp3) is 0.657. The molecule has 0 bridgehead atoms. The number of methoxy groups -OCH3 is 1.